The Morgan fingerprint density at radius 3 is 2.58 bits per heavy atom. The number of rotatable bonds is 3. The maximum absolute atomic E-state index is 12.6. The van der Waals surface area contributed by atoms with E-state index in [9.17, 15) is 8.42 Å². The largest absolute Gasteiger partial charge is 0.309 e. The monoisotopic (exact) mass is 282 g/mol. The van der Waals surface area contributed by atoms with Gasteiger partial charge in [0.25, 0.3) is 0 Å². The molecule has 0 amide bonds. The van der Waals surface area contributed by atoms with Crippen LogP contribution in [0.1, 0.15) is 26.3 Å². The van der Waals surface area contributed by atoms with Crippen LogP contribution in [0.3, 0.4) is 0 Å². The van der Waals surface area contributed by atoms with Gasteiger partial charge in [0.05, 0.1) is 5.75 Å². The number of sulfonamides is 1. The highest BCUT2D eigenvalue weighted by atomic mass is 32.2. The van der Waals surface area contributed by atoms with Crippen molar-refractivity contribution in [2.45, 2.75) is 38.1 Å². The highest BCUT2D eigenvalue weighted by molar-refractivity contribution is 7.88. The van der Waals surface area contributed by atoms with Crippen LogP contribution in [-0.4, -0.2) is 37.4 Å². The second kappa shape index (κ2) is 5.23. The highest BCUT2D eigenvalue weighted by Crippen LogP contribution is 2.21. The lowest BCUT2D eigenvalue weighted by atomic mass is 10.0. The molecule has 1 unspecified atom stereocenters. The molecule has 1 saturated heterocycles. The van der Waals surface area contributed by atoms with Gasteiger partial charge in [-0.1, -0.05) is 30.3 Å². The molecule has 19 heavy (non-hydrogen) atoms. The van der Waals surface area contributed by atoms with Crippen molar-refractivity contribution in [2.75, 3.05) is 13.1 Å². The third-order valence-electron chi connectivity index (χ3n) is 3.47. The minimum Gasteiger partial charge on any atom is -0.309 e. The number of nitrogens with one attached hydrogen (secondary N) is 1. The summed E-state index contributed by atoms with van der Waals surface area (Å²) in [4.78, 5) is 0. The van der Waals surface area contributed by atoms with Crippen LogP contribution < -0.4 is 5.32 Å². The Morgan fingerprint density at radius 1 is 1.32 bits per heavy atom. The first kappa shape index (κ1) is 14.5. The van der Waals surface area contributed by atoms with E-state index >= 15 is 0 Å². The summed E-state index contributed by atoms with van der Waals surface area (Å²) in [6, 6.07) is 9.35. The molecular weight excluding hydrogens is 260 g/mol. The first-order valence-electron chi connectivity index (χ1n) is 6.59. The van der Waals surface area contributed by atoms with Crippen molar-refractivity contribution in [3.8, 4) is 0 Å². The van der Waals surface area contributed by atoms with E-state index < -0.39 is 10.0 Å². The van der Waals surface area contributed by atoms with Crippen molar-refractivity contribution < 1.29 is 8.42 Å². The van der Waals surface area contributed by atoms with E-state index in [-0.39, 0.29) is 17.3 Å². The lowest BCUT2D eigenvalue weighted by molar-refractivity contribution is 0.184. The van der Waals surface area contributed by atoms with Gasteiger partial charge in [-0.15, -0.1) is 0 Å². The molecule has 1 aliphatic rings. The van der Waals surface area contributed by atoms with Crippen molar-refractivity contribution in [2.24, 2.45) is 0 Å². The first-order valence-corrected chi connectivity index (χ1v) is 8.20. The minimum atomic E-state index is -3.26. The number of hydrogen-bond donors (Lipinski definition) is 1. The molecule has 0 aromatic heterocycles. The van der Waals surface area contributed by atoms with Gasteiger partial charge in [0, 0.05) is 24.7 Å². The summed E-state index contributed by atoms with van der Waals surface area (Å²) in [5.41, 5.74) is 0.669. The summed E-state index contributed by atoms with van der Waals surface area (Å²) in [5.74, 6) is 0.0776. The Morgan fingerprint density at radius 2 is 1.95 bits per heavy atom. The Labute approximate surface area is 115 Å². The van der Waals surface area contributed by atoms with Crippen LogP contribution >= 0.6 is 0 Å². The second-order valence-corrected chi connectivity index (χ2v) is 7.82. The molecule has 0 aliphatic carbocycles. The number of benzene rings is 1. The van der Waals surface area contributed by atoms with Crippen LogP contribution in [0.15, 0.2) is 30.3 Å². The third kappa shape index (κ3) is 3.55. The van der Waals surface area contributed by atoms with E-state index in [1.54, 1.807) is 4.31 Å². The fourth-order valence-electron chi connectivity index (χ4n) is 2.37. The van der Waals surface area contributed by atoms with Crippen LogP contribution in [0.25, 0.3) is 0 Å². The smallest absolute Gasteiger partial charge is 0.218 e. The molecule has 1 aromatic rings. The average molecular weight is 282 g/mol. The molecule has 4 nitrogen and oxygen atoms in total. The number of piperazine rings is 1. The van der Waals surface area contributed by atoms with E-state index in [1.165, 1.54) is 0 Å². The summed E-state index contributed by atoms with van der Waals surface area (Å²) in [6.07, 6.45) is 0. The molecule has 0 radical (unpaired) electrons. The van der Waals surface area contributed by atoms with Crippen LogP contribution in [0.5, 0.6) is 0 Å². The predicted octanol–water partition coefficient (Wildman–Crippen LogP) is 1.59. The normalized spacial score (nSPS) is 24.3. The molecule has 0 saturated carbocycles. The molecular formula is C14H22N2O2S. The van der Waals surface area contributed by atoms with E-state index in [1.807, 2.05) is 51.1 Å². The van der Waals surface area contributed by atoms with E-state index in [4.69, 9.17) is 0 Å². The van der Waals surface area contributed by atoms with Gasteiger partial charge in [-0.2, -0.15) is 4.31 Å². The summed E-state index contributed by atoms with van der Waals surface area (Å²) in [5, 5.41) is 3.37. The average Bonchev–Trinajstić information content (AvgIpc) is 2.33. The van der Waals surface area contributed by atoms with Crippen molar-refractivity contribution in [3.05, 3.63) is 35.9 Å². The Hall–Kier alpha value is -0.910. The molecule has 106 valence electrons. The maximum atomic E-state index is 12.6. The van der Waals surface area contributed by atoms with Gasteiger partial charge in [-0.05, 0) is 26.3 Å². The molecule has 0 spiro atoms. The van der Waals surface area contributed by atoms with Crippen LogP contribution in [-0.2, 0) is 15.8 Å². The predicted molar refractivity (Wildman–Crippen MR) is 77.3 cm³/mol. The second-order valence-electron chi connectivity index (χ2n) is 5.90. The zero-order chi connectivity index (χ0) is 14.1. The number of hydrogen-bond acceptors (Lipinski definition) is 3. The SMILES string of the molecule is CC1CNC(C)(C)CN1S(=O)(=O)Cc1ccccc1. The summed E-state index contributed by atoms with van der Waals surface area (Å²) < 4.78 is 26.7. The first-order chi connectivity index (χ1) is 8.80. The van der Waals surface area contributed by atoms with E-state index in [2.05, 4.69) is 5.32 Å². The molecule has 1 heterocycles. The Bertz CT molecular complexity index is 526. The highest BCUT2D eigenvalue weighted by Gasteiger charge is 2.37. The van der Waals surface area contributed by atoms with E-state index in [0.29, 0.717) is 13.1 Å². The fraction of sp³-hybridized carbons (Fsp3) is 0.571. The van der Waals surface area contributed by atoms with Crippen molar-refractivity contribution in [3.63, 3.8) is 0 Å². The molecule has 1 aliphatic heterocycles. The van der Waals surface area contributed by atoms with Gasteiger partial charge >= 0.3 is 0 Å². The molecule has 1 fully saturated rings. The van der Waals surface area contributed by atoms with Crippen LogP contribution in [0.4, 0.5) is 0 Å². The van der Waals surface area contributed by atoms with Gasteiger partial charge in [0.15, 0.2) is 0 Å². The van der Waals surface area contributed by atoms with Gasteiger partial charge in [-0.25, -0.2) is 8.42 Å². The maximum Gasteiger partial charge on any atom is 0.218 e. The quantitative estimate of drug-likeness (QED) is 0.916. The lowest BCUT2D eigenvalue weighted by Gasteiger charge is -2.42. The molecule has 1 N–H and O–H groups in total. The molecule has 1 atom stereocenters. The van der Waals surface area contributed by atoms with Crippen LogP contribution in [0.2, 0.25) is 0 Å². The summed E-state index contributed by atoms with van der Waals surface area (Å²) in [7, 11) is -3.26. The minimum absolute atomic E-state index is 0.00161. The molecule has 1 aromatic carbocycles. The zero-order valence-electron chi connectivity index (χ0n) is 11.8. The molecule has 2 rings (SSSR count). The standard InChI is InChI=1S/C14H22N2O2S/c1-12-9-15-14(2,3)11-16(12)19(17,18)10-13-7-5-4-6-8-13/h4-8,12,15H,9-11H2,1-3H3. The summed E-state index contributed by atoms with van der Waals surface area (Å²) >= 11 is 0. The van der Waals surface area contributed by atoms with Crippen molar-refractivity contribution >= 4 is 10.0 Å². The van der Waals surface area contributed by atoms with Crippen molar-refractivity contribution in [1.29, 1.82) is 0 Å². The van der Waals surface area contributed by atoms with E-state index in [0.717, 1.165) is 5.56 Å². The topological polar surface area (TPSA) is 49.4 Å². The number of nitrogens with zero attached hydrogens (tertiary/aromatic N) is 1. The molecule has 5 heteroatoms. The fourth-order valence-corrected chi connectivity index (χ4v) is 4.29. The van der Waals surface area contributed by atoms with Gasteiger partial charge < -0.3 is 5.32 Å². The van der Waals surface area contributed by atoms with Crippen LogP contribution in [0, 0.1) is 0 Å². The lowest BCUT2D eigenvalue weighted by Crippen LogP contribution is -2.62. The zero-order valence-corrected chi connectivity index (χ0v) is 12.6. The van der Waals surface area contributed by atoms with Gasteiger partial charge in [0.2, 0.25) is 10.0 Å². The third-order valence-corrected chi connectivity index (χ3v) is 5.37. The summed E-state index contributed by atoms with van der Waals surface area (Å²) in [6.45, 7) is 7.23. The molecule has 0 bridgehead atoms. The Kier molecular flexibility index (Phi) is 3.99. The van der Waals surface area contributed by atoms with Gasteiger partial charge in [0.1, 0.15) is 0 Å². The van der Waals surface area contributed by atoms with Gasteiger partial charge in [-0.3, -0.25) is 0 Å². The van der Waals surface area contributed by atoms with Crippen molar-refractivity contribution in [1.82, 2.24) is 9.62 Å². The Balaban J connectivity index is 2.19.